The van der Waals surface area contributed by atoms with Crippen LogP contribution in [0.25, 0.3) is 0 Å². The highest BCUT2D eigenvalue weighted by molar-refractivity contribution is 5.89. The first-order valence-corrected chi connectivity index (χ1v) is 10.1. The zero-order valence-electron chi connectivity index (χ0n) is 18.3. The third-order valence-electron chi connectivity index (χ3n) is 4.40. The number of carbonyl (C=O) groups excluding carboxylic acids is 2. The highest BCUT2D eigenvalue weighted by Crippen LogP contribution is 2.06. The van der Waals surface area contributed by atoms with Crippen LogP contribution in [0.1, 0.15) is 28.9 Å². The number of nitrogens with one attached hydrogen (secondary N) is 2. The molecule has 170 valence electrons. The van der Waals surface area contributed by atoms with Crippen molar-refractivity contribution in [2.75, 3.05) is 40.3 Å². The lowest BCUT2D eigenvalue weighted by Crippen LogP contribution is -2.48. The van der Waals surface area contributed by atoms with Gasteiger partial charge < -0.3 is 20.2 Å². The standard InChI is InChI=1S/C22H33N5O4/c1-5-11-27(12-6-2)21(29)19(15-20(28)24-9-7-13-26(3)4)25-16-18-14-17(22(30)31)8-10-23-18/h5-6,8,10,14,19,25H,1-2,7,9,11-13,15-16H2,3-4H3,(H,24,28)(H,30,31). The molecular weight excluding hydrogens is 398 g/mol. The van der Waals surface area contributed by atoms with Gasteiger partial charge in [0.15, 0.2) is 0 Å². The van der Waals surface area contributed by atoms with Crippen LogP contribution in [0.2, 0.25) is 0 Å². The van der Waals surface area contributed by atoms with Gasteiger partial charge in [-0.05, 0) is 39.2 Å². The molecule has 0 aliphatic rings. The molecular formula is C22H33N5O4. The Morgan fingerprint density at radius 2 is 1.90 bits per heavy atom. The molecule has 0 aliphatic carbocycles. The number of carboxylic acids is 1. The topological polar surface area (TPSA) is 115 Å². The highest BCUT2D eigenvalue weighted by Gasteiger charge is 2.25. The Balaban J connectivity index is 2.85. The molecule has 0 spiro atoms. The largest absolute Gasteiger partial charge is 0.478 e. The fraction of sp³-hybridized carbons (Fsp3) is 0.455. The average molecular weight is 432 g/mol. The lowest BCUT2D eigenvalue weighted by Gasteiger charge is -2.26. The van der Waals surface area contributed by atoms with E-state index in [-0.39, 0.29) is 30.3 Å². The van der Waals surface area contributed by atoms with Crippen LogP contribution in [0.15, 0.2) is 43.6 Å². The van der Waals surface area contributed by atoms with Crippen LogP contribution in [0.5, 0.6) is 0 Å². The molecule has 0 fully saturated rings. The van der Waals surface area contributed by atoms with Gasteiger partial charge in [0, 0.05) is 32.4 Å². The van der Waals surface area contributed by atoms with Crippen molar-refractivity contribution in [3.8, 4) is 0 Å². The zero-order valence-corrected chi connectivity index (χ0v) is 18.3. The number of rotatable bonds is 15. The van der Waals surface area contributed by atoms with Gasteiger partial charge in [-0.1, -0.05) is 12.2 Å². The normalized spacial score (nSPS) is 11.6. The minimum Gasteiger partial charge on any atom is -0.478 e. The molecule has 0 radical (unpaired) electrons. The molecule has 9 nitrogen and oxygen atoms in total. The van der Waals surface area contributed by atoms with Crippen LogP contribution in [0.3, 0.4) is 0 Å². The molecule has 1 atom stereocenters. The minimum atomic E-state index is -1.06. The Kier molecular flexibility index (Phi) is 11.8. The first-order valence-electron chi connectivity index (χ1n) is 10.1. The monoisotopic (exact) mass is 431 g/mol. The van der Waals surface area contributed by atoms with Crippen molar-refractivity contribution in [2.45, 2.75) is 25.4 Å². The Hall–Kier alpha value is -3.04. The molecule has 1 rings (SSSR count). The van der Waals surface area contributed by atoms with E-state index in [0.717, 1.165) is 13.0 Å². The van der Waals surface area contributed by atoms with Crippen LogP contribution in [0, 0.1) is 0 Å². The van der Waals surface area contributed by atoms with E-state index < -0.39 is 12.0 Å². The molecule has 0 saturated carbocycles. The molecule has 0 saturated heterocycles. The first-order chi connectivity index (χ1) is 14.8. The SMILES string of the molecule is C=CCN(CC=C)C(=O)C(CC(=O)NCCCN(C)C)NCc1cc(C(=O)O)ccn1. The maximum absolute atomic E-state index is 13.0. The third kappa shape index (κ3) is 10.0. The fourth-order valence-corrected chi connectivity index (χ4v) is 2.85. The van der Waals surface area contributed by atoms with Gasteiger partial charge in [-0.25, -0.2) is 4.79 Å². The van der Waals surface area contributed by atoms with E-state index in [9.17, 15) is 14.4 Å². The summed E-state index contributed by atoms with van der Waals surface area (Å²) in [5, 5.41) is 15.0. The minimum absolute atomic E-state index is 0.0514. The smallest absolute Gasteiger partial charge is 0.335 e. The van der Waals surface area contributed by atoms with Crippen molar-refractivity contribution in [1.82, 2.24) is 25.4 Å². The van der Waals surface area contributed by atoms with E-state index in [4.69, 9.17) is 5.11 Å². The molecule has 1 aromatic heterocycles. The van der Waals surface area contributed by atoms with Gasteiger partial charge in [0.25, 0.3) is 0 Å². The van der Waals surface area contributed by atoms with Gasteiger partial charge >= 0.3 is 5.97 Å². The highest BCUT2D eigenvalue weighted by atomic mass is 16.4. The first kappa shape index (κ1) is 26.0. The summed E-state index contributed by atoms with van der Waals surface area (Å²) in [5.74, 6) is -1.57. The number of nitrogens with zero attached hydrogens (tertiary/aromatic N) is 3. The molecule has 0 bridgehead atoms. The Morgan fingerprint density at radius 3 is 2.48 bits per heavy atom. The summed E-state index contributed by atoms with van der Waals surface area (Å²) in [6, 6.07) is 2.03. The van der Waals surface area contributed by atoms with E-state index in [1.54, 1.807) is 12.2 Å². The van der Waals surface area contributed by atoms with Gasteiger partial charge in [0.1, 0.15) is 0 Å². The average Bonchev–Trinajstić information content (AvgIpc) is 2.73. The summed E-state index contributed by atoms with van der Waals surface area (Å²) in [4.78, 5) is 44.3. The second-order valence-electron chi connectivity index (χ2n) is 7.31. The van der Waals surface area contributed by atoms with Crippen molar-refractivity contribution >= 4 is 17.8 Å². The Labute approximate surface area is 183 Å². The summed E-state index contributed by atoms with van der Waals surface area (Å²) in [6.45, 7) is 9.49. The molecule has 0 aliphatic heterocycles. The summed E-state index contributed by atoms with van der Waals surface area (Å²) < 4.78 is 0. The number of aromatic carboxylic acids is 1. The third-order valence-corrected chi connectivity index (χ3v) is 4.40. The van der Waals surface area contributed by atoms with E-state index in [0.29, 0.717) is 25.3 Å². The van der Waals surface area contributed by atoms with E-state index >= 15 is 0 Å². The number of hydrogen-bond donors (Lipinski definition) is 3. The summed E-state index contributed by atoms with van der Waals surface area (Å²) >= 11 is 0. The summed E-state index contributed by atoms with van der Waals surface area (Å²) in [5.41, 5.74) is 0.566. The Bertz CT molecular complexity index is 756. The van der Waals surface area contributed by atoms with Gasteiger partial charge in [-0.15, -0.1) is 13.2 Å². The van der Waals surface area contributed by atoms with E-state index in [2.05, 4.69) is 28.8 Å². The van der Waals surface area contributed by atoms with Gasteiger partial charge in [-0.2, -0.15) is 0 Å². The number of aromatic nitrogens is 1. The maximum atomic E-state index is 13.0. The predicted molar refractivity (Wildman–Crippen MR) is 120 cm³/mol. The van der Waals surface area contributed by atoms with Crippen molar-refractivity contribution in [3.63, 3.8) is 0 Å². The maximum Gasteiger partial charge on any atom is 0.335 e. The lowest BCUT2D eigenvalue weighted by atomic mass is 10.1. The van der Waals surface area contributed by atoms with Crippen LogP contribution >= 0.6 is 0 Å². The number of amides is 2. The molecule has 2 amide bonds. The van der Waals surface area contributed by atoms with Crippen molar-refractivity contribution < 1.29 is 19.5 Å². The molecule has 0 aromatic carbocycles. The second kappa shape index (κ2) is 14.1. The molecule has 1 aromatic rings. The lowest BCUT2D eigenvalue weighted by molar-refractivity contribution is -0.135. The molecule has 3 N–H and O–H groups in total. The van der Waals surface area contributed by atoms with E-state index in [1.165, 1.54) is 23.2 Å². The quantitative estimate of drug-likeness (QED) is 0.279. The van der Waals surface area contributed by atoms with Crippen molar-refractivity contribution in [3.05, 3.63) is 54.9 Å². The fourth-order valence-electron chi connectivity index (χ4n) is 2.85. The number of hydrogen-bond acceptors (Lipinski definition) is 6. The van der Waals surface area contributed by atoms with E-state index in [1.807, 2.05) is 19.0 Å². The second-order valence-corrected chi connectivity index (χ2v) is 7.31. The Morgan fingerprint density at radius 1 is 1.23 bits per heavy atom. The molecule has 1 heterocycles. The van der Waals surface area contributed by atoms with Crippen molar-refractivity contribution in [2.24, 2.45) is 0 Å². The summed E-state index contributed by atoms with van der Waals surface area (Å²) in [7, 11) is 3.92. The number of pyridine rings is 1. The number of carboxylic acid groups (broad SMARTS) is 1. The number of carbonyl (C=O) groups is 3. The van der Waals surface area contributed by atoms with Gasteiger partial charge in [0.05, 0.1) is 23.7 Å². The van der Waals surface area contributed by atoms with Crippen LogP contribution in [-0.2, 0) is 16.1 Å². The van der Waals surface area contributed by atoms with Crippen molar-refractivity contribution in [1.29, 1.82) is 0 Å². The zero-order chi connectivity index (χ0) is 23.2. The molecule has 1 unspecified atom stereocenters. The molecule has 31 heavy (non-hydrogen) atoms. The van der Waals surface area contributed by atoms with Crippen LogP contribution in [0.4, 0.5) is 0 Å². The summed E-state index contributed by atoms with van der Waals surface area (Å²) in [6.07, 6.45) is 5.37. The molecule has 9 heteroatoms. The predicted octanol–water partition coefficient (Wildman–Crippen LogP) is 0.897. The van der Waals surface area contributed by atoms with Gasteiger partial charge in [0.2, 0.25) is 11.8 Å². The van der Waals surface area contributed by atoms with Crippen LogP contribution < -0.4 is 10.6 Å². The van der Waals surface area contributed by atoms with Gasteiger partial charge in [-0.3, -0.25) is 19.9 Å². The van der Waals surface area contributed by atoms with Crippen LogP contribution in [-0.4, -0.2) is 84.0 Å².